The summed E-state index contributed by atoms with van der Waals surface area (Å²) in [4.78, 5) is 23.8. The Morgan fingerprint density at radius 1 is 1.50 bits per heavy atom. The molecule has 1 amide bonds. The molecule has 0 aromatic heterocycles. The van der Waals surface area contributed by atoms with Gasteiger partial charge in [-0.1, -0.05) is 0 Å². The molecule has 7 heteroatoms. The molecule has 110 valence electrons. The number of nitrogens with one attached hydrogen (secondary N) is 1. The molecule has 0 aliphatic rings. The van der Waals surface area contributed by atoms with Crippen molar-refractivity contribution < 1.29 is 9.72 Å². The Hall–Kier alpha value is -2.15. The van der Waals surface area contributed by atoms with Crippen molar-refractivity contribution >= 4 is 17.3 Å². The summed E-state index contributed by atoms with van der Waals surface area (Å²) in [5, 5.41) is 13.9. The van der Waals surface area contributed by atoms with Crippen LogP contribution in [0.15, 0.2) is 18.2 Å². The number of nitro benzene ring substituents is 1. The van der Waals surface area contributed by atoms with E-state index in [0.29, 0.717) is 24.2 Å². The third-order valence-electron chi connectivity index (χ3n) is 2.76. The Morgan fingerprint density at radius 2 is 2.15 bits per heavy atom. The first-order chi connectivity index (χ1) is 9.32. The van der Waals surface area contributed by atoms with Gasteiger partial charge >= 0.3 is 0 Å². The van der Waals surface area contributed by atoms with Crippen molar-refractivity contribution in [3.05, 3.63) is 33.9 Å². The van der Waals surface area contributed by atoms with Crippen LogP contribution in [0.2, 0.25) is 0 Å². The summed E-state index contributed by atoms with van der Waals surface area (Å²) >= 11 is 0. The van der Waals surface area contributed by atoms with Crippen LogP contribution in [0.1, 0.15) is 23.7 Å². The van der Waals surface area contributed by atoms with Crippen LogP contribution in [-0.4, -0.2) is 42.4 Å². The minimum atomic E-state index is -0.474. The molecular formula is C13H20N4O3. The number of benzene rings is 1. The molecule has 20 heavy (non-hydrogen) atoms. The average Bonchev–Trinajstić information content (AvgIpc) is 2.36. The molecular weight excluding hydrogens is 260 g/mol. The molecule has 1 aromatic rings. The first-order valence-electron chi connectivity index (χ1n) is 6.32. The fraction of sp³-hybridized carbons (Fsp3) is 0.462. The third kappa shape index (κ3) is 4.20. The molecule has 0 saturated carbocycles. The predicted molar refractivity (Wildman–Crippen MR) is 77.9 cm³/mol. The van der Waals surface area contributed by atoms with E-state index >= 15 is 0 Å². The molecule has 1 unspecified atom stereocenters. The summed E-state index contributed by atoms with van der Waals surface area (Å²) in [6.45, 7) is 2.38. The van der Waals surface area contributed by atoms with E-state index < -0.39 is 4.92 Å². The number of nitrogens with two attached hydrogens (primary N) is 1. The predicted octanol–water partition coefficient (Wildman–Crippen LogP) is 1.45. The van der Waals surface area contributed by atoms with E-state index in [-0.39, 0.29) is 17.6 Å². The van der Waals surface area contributed by atoms with Gasteiger partial charge in [0.2, 0.25) is 0 Å². The fourth-order valence-electron chi connectivity index (χ4n) is 1.66. The van der Waals surface area contributed by atoms with Crippen molar-refractivity contribution in [1.29, 1.82) is 0 Å². The second-order valence-electron chi connectivity index (χ2n) is 4.88. The Bertz CT molecular complexity index is 500. The van der Waals surface area contributed by atoms with Crippen LogP contribution in [0.5, 0.6) is 0 Å². The maximum Gasteiger partial charge on any atom is 0.292 e. The van der Waals surface area contributed by atoms with E-state index in [1.54, 1.807) is 14.1 Å². The van der Waals surface area contributed by atoms with Crippen molar-refractivity contribution in [3.63, 3.8) is 0 Å². The minimum absolute atomic E-state index is 0.00754. The van der Waals surface area contributed by atoms with Crippen LogP contribution in [0.25, 0.3) is 0 Å². The second-order valence-corrected chi connectivity index (χ2v) is 4.88. The summed E-state index contributed by atoms with van der Waals surface area (Å²) in [5.74, 6) is -0.199. The highest BCUT2D eigenvalue weighted by atomic mass is 16.6. The van der Waals surface area contributed by atoms with Crippen molar-refractivity contribution in [2.45, 2.75) is 19.4 Å². The number of amides is 1. The molecule has 1 aromatic carbocycles. The number of hydrogen-bond acceptors (Lipinski definition) is 5. The number of nitro groups is 1. The third-order valence-corrected chi connectivity index (χ3v) is 2.76. The monoisotopic (exact) mass is 280 g/mol. The van der Waals surface area contributed by atoms with E-state index in [1.807, 2.05) is 6.92 Å². The second kappa shape index (κ2) is 6.85. The highest BCUT2D eigenvalue weighted by molar-refractivity contribution is 5.95. The van der Waals surface area contributed by atoms with Crippen LogP contribution < -0.4 is 11.1 Å². The lowest BCUT2D eigenvalue weighted by Crippen LogP contribution is -2.22. The molecule has 0 spiro atoms. The van der Waals surface area contributed by atoms with Gasteiger partial charge in [0.1, 0.15) is 5.69 Å². The van der Waals surface area contributed by atoms with E-state index in [9.17, 15) is 14.9 Å². The molecule has 0 radical (unpaired) electrons. The van der Waals surface area contributed by atoms with Crippen molar-refractivity contribution in [3.8, 4) is 0 Å². The summed E-state index contributed by atoms with van der Waals surface area (Å²) in [6.07, 6.45) is 0.684. The Labute approximate surface area is 117 Å². The maximum atomic E-state index is 11.9. The maximum absolute atomic E-state index is 11.9. The number of hydrogen-bond donors (Lipinski definition) is 2. The van der Waals surface area contributed by atoms with Crippen LogP contribution in [-0.2, 0) is 0 Å². The first-order valence-corrected chi connectivity index (χ1v) is 6.32. The van der Waals surface area contributed by atoms with E-state index in [1.165, 1.54) is 23.1 Å². The highest BCUT2D eigenvalue weighted by Gasteiger charge is 2.17. The first kappa shape index (κ1) is 15.9. The quantitative estimate of drug-likeness (QED) is 0.606. The zero-order valence-corrected chi connectivity index (χ0v) is 11.9. The molecule has 0 bridgehead atoms. The fourth-order valence-corrected chi connectivity index (χ4v) is 1.66. The normalized spacial score (nSPS) is 11.8. The topological polar surface area (TPSA) is 102 Å². The molecule has 0 heterocycles. The molecule has 0 fully saturated rings. The molecule has 1 rings (SSSR count). The van der Waals surface area contributed by atoms with Gasteiger partial charge < -0.3 is 16.0 Å². The van der Waals surface area contributed by atoms with Gasteiger partial charge in [-0.15, -0.1) is 0 Å². The SMILES string of the molecule is CC(N)CCNc1cc(C(=O)N(C)C)ccc1[N+](=O)[O-]. The smallest absolute Gasteiger partial charge is 0.292 e. The zero-order valence-electron chi connectivity index (χ0n) is 11.9. The molecule has 0 aliphatic carbocycles. The number of carbonyl (C=O) groups is 1. The summed E-state index contributed by atoms with van der Waals surface area (Å²) < 4.78 is 0. The number of nitrogens with zero attached hydrogens (tertiary/aromatic N) is 2. The van der Waals surface area contributed by atoms with Gasteiger partial charge in [-0.3, -0.25) is 14.9 Å². The number of anilines is 1. The van der Waals surface area contributed by atoms with Gasteiger partial charge in [0.15, 0.2) is 0 Å². The van der Waals surface area contributed by atoms with Crippen molar-refractivity contribution in [2.24, 2.45) is 5.73 Å². The number of rotatable bonds is 6. The summed E-state index contributed by atoms with van der Waals surface area (Å²) in [6, 6.07) is 4.30. The highest BCUT2D eigenvalue weighted by Crippen LogP contribution is 2.25. The standard InChI is InChI=1S/C13H20N4O3/c1-9(14)6-7-15-11-8-10(13(18)16(2)3)4-5-12(11)17(19)20/h4-5,8-9,15H,6-7,14H2,1-3H3. The van der Waals surface area contributed by atoms with E-state index in [4.69, 9.17) is 5.73 Å². The summed E-state index contributed by atoms with van der Waals surface area (Å²) in [7, 11) is 3.26. The van der Waals surface area contributed by atoms with Crippen molar-refractivity contribution in [2.75, 3.05) is 26.0 Å². The van der Waals surface area contributed by atoms with Gasteiger partial charge in [-0.2, -0.15) is 0 Å². The summed E-state index contributed by atoms with van der Waals surface area (Å²) in [5.41, 5.74) is 6.33. The van der Waals surface area contributed by atoms with Gasteiger partial charge in [-0.05, 0) is 25.5 Å². The number of carbonyl (C=O) groups excluding carboxylic acids is 1. The van der Waals surface area contributed by atoms with Crippen LogP contribution in [0.3, 0.4) is 0 Å². The minimum Gasteiger partial charge on any atom is -0.379 e. The Balaban J connectivity index is 3.00. The van der Waals surface area contributed by atoms with Gasteiger partial charge in [0.25, 0.3) is 11.6 Å². The molecule has 3 N–H and O–H groups in total. The van der Waals surface area contributed by atoms with Gasteiger partial charge in [0.05, 0.1) is 4.92 Å². The average molecular weight is 280 g/mol. The van der Waals surface area contributed by atoms with Crippen molar-refractivity contribution in [1.82, 2.24) is 4.90 Å². The van der Waals surface area contributed by atoms with Crippen LogP contribution in [0.4, 0.5) is 11.4 Å². The Kier molecular flexibility index (Phi) is 5.45. The molecule has 7 nitrogen and oxygen atoms in total. The van der Waals surface area contributed by atoms with E-state index in [0.717, 1.165) is 0 Å². The lowest BCUT2D eigenvalue weighted by atomic mass is 10.1. The Morgan fingerprint density at radius 3 is 2.65 bits per heavy atom. The van der Waals surface area contributed by atoms with Crippen LogP contribution in [0, 0.1) is 10.1 Å². The largest absolute Gasteiger partial charge is 0.379 e. The lowest BCUT2D eigenvalue weighted by Gasteiger charge is -2.13. The zero-order chi connectivity index (χ0) is 15.3. The molecule has 0 aliphatic heterocycles. The van der Waals surface area contributed by atoms with Crippen LogP contribution >= 0.6 is 0 Å². The molecule has 0 saturated heterocycles. The van der Waals surface area contributed by atoms with Gasteiger partial charge in [-0.25, -0.2) is 0 Å². The van der Waals surface area contributed by atoms with E-state index in [2.05, 4.69) is 5.32 Å². The van der Waals surface area contributed by atoms with Gasteiger partial charge in [0, 0.05) is 38.3 Å². The molecule has 1 atom stereocenters. The lowest BCUT2D eigenvalue weighted by molar-refractivity contribution is -0.384.